The van der Waals surface area contributed by atoms with E-state index in [0.717, 1.165) is 19.3 Å². The molecular formula is C14H28O4. The van der Waals surface area contributed by atoms with Crippen LogP contribution in [-0.2, 0) is 4.79 Å². The lowest BCUT2D eigenvalue weighted by Gasteiger charge is -2.17. The molecule has 4 nitrogen and oxygen atoms in total. The van der Waals surface area contributed by atoms with Gasteiger partial charge in [-0.25, -0.2) is 0 Å². The smallest absolute Gasteiger partial charge is 0.303 e. The van der Waals surface area contributed by atoms with E-state index in [1.165, 1.54) is 0 Å². The molecular weight excluding hydrogens is 232 g/mol. The average Bonchev–Trinajstić information content (AvgIpc) is 2.33. The van der Waals surface area contributed by atoms with Crippen LogP contribution in [0.2, 0.25) is 0 Å². The highest BCUT2D eigenvalue weighted by atomic mass is 16.4. The molecule has 0 aliphatic heterocycles. The quantitative estimate of drug-likeness (QED) is 0.473. The van der Waals surface area contributed by atoms with Gasteiger partial charge in [0.15, 0.2) is 0 Å². The van der Waals surface area contributed by atoms with E-state index in [9.17, 15) is 15.0 Å². The summed E-state index contributed by atoms with van der Waals surface area (Å²) in [7, 11) is 0. The van der Waals surface area contributed by atoms with E-state index in [4.69, 9.17) is 7.85 Å². The Kier molecular flexibility index (Phi) is 8.81. The van der Waals surface area contributed by atoms with E-state index in [1.807, 2.05) is 0 Å². The van der Waals surface area contributed by atoms with Gasteiger partial charge in [-0.2, -0.15) is 0 Å². The number of carbonyl (C=O) groups is 1. The van der Waals surface area contributed by atoms with Gasteiger partial charge < -0.3 is 15.3 Å². The summed E-state index contributed by atoms with van der Waals surface area (Å²) in [5.74, 6) is -0.862. The molecule has 0 amide bonds. The predicted molar refractivity (Wildman–Crippen MR) is 71.5 cm³/mol. The van der Waals surface area contributed by atoms with Crippen molar-refractivity contribution in [3.8, 4) is 0 Å². The van der Waals surface area contributed by atoms with Crippen molar-refractivity contribution in [3.05, 3.63) is 0 Å². The zero-order valence-electron chi connectivity index (χ0n) is 13.3. The Hall–Kier alpha value is -0.610. The van der Waals surface area contributed by atoms with Crippen LogP contribution in [-0.4, -0.2) is 33.4 Å². The summed E-state index contributed by atoms with van der Waals surface area (Å²) >= 11 is 0. The molecule has 0 radical (unpaired) electrons. The predicted octanol–water partition coefficient (Wildman–Crippen LogP) is 2.71. The number of aliphatic hydroxyl groups is 2. The maximum Gasteiger partial charge on any atom is 0.303 e. The molecule has 0 bridgehead atoms. The number of aliphatic carboxylic acids is 1. The van der Waals surface area contributed by atoms with Crippen molar-refractivity contribution in [3.63, 3.8) is 0 Å². The van der Waals surface area contributed by atoms with Crippen molar-refractivity contribution in [2.45, 2.75) is 83.3 Å². The second-order valence-electron chi connectivity index (χ2n) is 4.66. The Morgan fingerprint density at radius 3 is 1.94 bits per heavy atom. The minimum absolute atomic E-state index is 0.0135. The molecule has 0 saturated carbocycles. The lowest BCUT2D eigenvalue weighted by Crippen LogP contribution is -2.25. The molecule has 4 heteroatoms. The summed E-state index contributed by atoms with van der Waals surface area (Å²) in [4.78, 5) is 10.3. The molecule has 0 aliphatic carbocycles. The summed E-state index contributed by atoms with van der Waals surface area (Å²) in [5.41, 5.74) is 0. The molecule has 108 valence electrons. The summed E-state index contributed by atoms with van der Waals surface area (Å²) in [6.45, 7) is 2.06. The molecule has 0 unspecified atom stereocenters. The Morgan fingerprint density at radius 1 is 1.00 bits per heavy atom. The van der Waals surface area contributed by atoms with Gasteiger partial charge in [-0.1, -0.05) is 45.4 Å². The highest BCUT2D eigenvalue weighted by Crippen LogP contribution is 2.13. The molecule has 3 N–H and O–H groups in total. The van der Waals surface area contributed by atoms with Crippen molar-refractivity contribution in [1.29, 1.82) is 0 Å². The number of hydrogen-bond donors (Lipinski definition) is 3. The Balaban J connectivity index is 4.01. The SMILES string of the molecule is [2H][C@](O)(CCCCCC)[C@]([2H])(O)CCCCCC(=O)O. The van der Waals surface area contributed by atoms with Crippen molar-refractivity contribution in [2.75, 3.05) is 0 Å². The third-order valence-electron chi connectivity index (χ3n) is 2.90. The lowest BCUT2D eigenvalue weighted by molar-refractivity contribution is -0.137. The maximum atomic E-state index is 10.3. The van der Waals surface area contributed by atoms with Crippen molar-refractivity contribution in [2.24, 2.45) is 0 Å². The van der Waals surface area contributed by atoms with Gasteiger partial charge in [0.2, 0.25) is 0 Å². The van der Waals surface area contributed by atoms with Crippen molar-refractivity contribution >= 4 is 5.97 Å². The molecule has 0 aromatic carbocycles. The molecule has 0 fully saturated rings. The van der Waals surface area contributed by atoms with Crippen LogP contribution in [0.1, 0.15) is 73.9 Å². The van der Waals surface area contributed by atoms with Crippen molar-refractivity contribution in [1.82, 2.24) is 0 Å². The molecule has 0 heterocycles. The molecule has 0 spiro atoms. The van der Waals surface area contributed by atoms with Crippen LogP contribution in [0.25, 0.3) is 0 Å². The Morgan fingerprint density at radius 2 is 1.50 bits per heavy atom. The van der Waals surface area contributed by atoms with Crippen molar-refractivity contribution < 1.29 is 22.9 Å². The lowest BCUT2D eigenvalue weighted by atomic mass is 10.0. The monoisotopic (exact) mass is 262 g/mol. The summed E-state index contributed by atoms with van der Waals surface area (Å²) in [6.07, 6.45) is 0.839. The number of unbranched alkanes of at least 4 members (excludes halogenated alkanes) is 5. The van der Waals surface area contributed by atoms with Crippen LogP contribution in [0, 0.1) is 0 Å². The van der Waals surface area contributed by atoms with Crippen LogP contribution >= 0.6 is 0 Å². The first kappa shape index (κ1) is 13.8. The molecule has 0 rings (SSSR count). The Bertz CT molecular complexity index is 280. The fourth-order valence-electron chi connectivity index (χ4n) is 1.75. The second kappa shape index (κ2) is 11.5. The van der Waals surface area contributed by atoms with Crippen LogP contribution < -0.4 is 0 Å². The highest BCUT2D eigenvalue weighted by Gasteiger charge is 2.15. The standard InChI is InChI=1S/C14H28O4/c1-2-3-4-6-9-12(15)13(16)10-7-5-8-11-14(17)18/h12-13,15-16H,2-11H2,1H3,(H,17,18)/t12-,13+/m0/s1/i12D,13D. The fourth-order valence-corrected chi connectivity index (χ4v) is 1.75. The normalized spacial score (nSPS) is 19.5. The summed E-state index contributed by atoms with van der Waals surface area (Å²) in [5, 5.41) is 28.3. The summed E-state index contributed by atoms with van der Waals surface area (Å²) in [6, 6.07) is 0. The number of carboxylic acid groups (broad SMARTS) is 1. The largest absolute Gasteiger partial charge is 0.481 e. The zero-order chi connectivity index (χ0) is 15.6. The molecule has 2 atom stereocenters. The van der Waals surface area contributed by atoms with Gasteiger partial charge in [-0.15, -0.1) is 0 Å². The first-order valence-electron chi connectivity index (χ1n) is 7.89. The molecule has 0 saturated heterocycles. The van der Waals surface area contributed by atoms with Gasteiger partial charge >= 0.3 is 5.97 Å². The van der Waals surface area contributed by atoms with E-state index in [0.29, 0.717) is 25.7 Å². The van der Waals surface area contributed by atoms with Gasteiger partial charge in [0, 0.05) is 6.42 Å². The number of hydrogen-bond acceptors (Lipinski definition) is 3. The number of rotatable bonds is 12. The van der Waals surface area contributed by atoms with Crippen LogP contribution in [0.4, 0.5) is 0 Å². The summed E-state index contributed by atoms with van der Waals surface area (Å²) < 4.78 is 15.5. The topological polar surface area (TPSA) is 77.8 Å². The van der Waals surface area contributed by atoms with E-state index >= 15 is 0 Å². The van der Waals surface area contributed by atoms with E-state index in [2.05, 4.69) is 6.92 Å². The molecule has 0 aromatic rings. The van der Waals surface area contributed by atoms with Gasteiger partial charge in [-0.05, 0) is 19.3 Å². The minimum atomic E-state index is -2.19. The van der Waals surface area contributed by atoms with Gasteiger partial charge in [-0.3, -0.25) is 4.79 Å². The Labute approximate surface area is 113 Å². The molecule has 0 aromatic heterocycles. The second-order valence-corrected chi connectivity index (χ2v) is 4.66. The average molecular weight is 262 g/mol. The van der Waals surface area contributed by atoms with Gasteiger partial charge in [0.1, 0.15) is 0 Å². The maximum absolute atomic E-state index is 10.3. The third-order valence-corrected chi connectivity index (χ3v) is 2.90. The van der Waals surface area contributed by atoms with E-state index in [1.54, 1.807) is 0 Å². The van der Waals surface area contributed by atoms with Crippen LogP contribution in [0.15, 0.2) is 0 Å². The number of carboxylic acids is 1. The zero-order valence-corrected chi connectivity index (χ0v) is 11.3. The third kappa shape index (κ3) is 10.5. The fraction of sp³-hybridized carbons (Fsp3) is 0.929. The minimum Gasteiger partial charge on any atom is -0.481 e. The highest BCUT2D eigenvalue weighted by molar-refractivity contribution is 5.66. The van der Waals surface area contributed by atoms with Crippen LogP contribution in [0.5, 0.6) is 0 Å². The first-order chi connectivity index (χ1) is 9.23. The first-order valence-corrected chi connectivity index (χ1v) is 6.89. The van der Waals surface area contributed by atoms with Gasteiger partial charge in [0.25, 0.3) is 0 Å². The van der Waals surface area contributed by atoms with Gasteiger partial charge in [0.05, 0.1) is 14.9 Å². The van der Waals surface area contributed by atoms with E-state index < -0.39 is 18.1 Å². The molecule has 0 aliphatic rings. The van der Waals surface area contributed by atoms with E-state index in [-0.39, 0.29) is 19.3 Å². The van der Waals surface area contributed by atoms with Crippen LogP contribution in [0.3, 0.4) is 0 Å². The molecule has 18 heavy (non-hydrogen) atoms.